The number of amides is 1. The van der Waals surface area contributed by atoms with E-state index in [0.717, 1.165) is 56.4 Å². The first kappa shape index (κ1) is 23.6. The minimum absolute atomic E-state index is 0.305. The van der Waals surface area contributed by atoms with Crippen LogP contribution in [-0.4, -0.2) is 53.1 Å². The van der Waals surface area contributed by atoms with Crippen molar-refractivity contribution in [2.24, 2.45) is 0 Å². The first-order valence-electron chi connectivity index (χ1n) is 11.4. The van der Waals surface area contributed by atoms with Gasteiger partial charge in [0.15, 0.2) is 0 Å². The number of likely N-dealkylation sites (tertiary alicyclic amines) is 1. The van der Waals surface area contributed by atoms with Crippen molar-refractivity contribution in [1.29, 1.82) is 0 Å². The highest BCUT2D eigenvalue weighted by molar-refractivity contribution is 6.31. The molecule has 2 atom stereocenters. The molecule has 2 saturated heterocycles. The Kier molecular flexibility index (Phi) is 7.93. The maximum atomic E-state index is 11.6. The van der Waals surface area contributed by atoms with Gasteiger partial charge in [0.2, 0.25) is 5.79 Å². The molecule has 2 aliphatic rings. The molecule has 3 heterocycles. The second-order valence-corrected chi connectivity index (χ2v) is 8.80. The van der Waals surface area contributed by atoms with Crippen molar-refractivity contribution >= 4 is 23.3 Å². The van der Waals surface area contributed by atoms with Crippen LogP contribution in [0.1, 0.15) is 36.9 Å². The van der Waals surface area contributed by atoms with E-state index < -0.39 is 11.7 Å². The lowest BCUT2D eigenvalue weighted by Crippen LogP contribution is -2.43. The number of anilines is 1. The molecule has 2 aromatic rings. The number of carbonyl (C=O) groups is 1. The van der Waals surface area contributed by atoms with Crippen molar-refractivity contribution in [3.8, 4) is 0 Å². The molecule has 2 fully saturated rings. The topological polar surface area (TPSA) is 88.6 Å². The fourth-order valence-electron chi connectivity index (χ4n) is 4.22. The van der Waals surface area contributed by atoms with Gasteiger partial charge in [-0.2, -0.15) is 0 Å². The molecule has 0 radical (unpaired) electrons. The fourth-order valence-corrected chi connectivity index (χ4v) is 4.45. The minimum Gasteiger partial charge on any atom is -0.365 e. The van der Waals surface area contributed by atoms with Gasteiger partial charge in [0, 0.05) is 37.1 Å². The number of hydrogen-bond acceptors (Lipinski definition) is 7. The molecule has 1 aromatic heterocycles. The zero-order chi connectivity index (χ0) is 23.1. The monoisotopic (exact) mass is 471 g/mol. The molecule has 176 valence electrons. The first-order valence-corrected chi connectivity index (χ1v) is 11.7. The average molecular weight is 472 g/mol. The van der Waals surface area contributed by atoms with Gasteiger partial charge in [-0.1, -0.05) is 36.4 Å². The molecule has 1 amide bonds. The number of carbonyl (C=O) groups excluding carboxylic acids is 1. The molecule has 0 bridgehead atoms. The van der Waals surface area contributed by atoms with E-state index in [9.17, 15) is 4.79 Å². The van der Waals surface area contributed by atoms with Crippen molar-refractivity contribution < 1.29 is 14.4 Å². The van der Waals surface area contributed by atoms with Crippen LogP contribution in [0.2, 0.25) is 5.02 Å². The van der Waals surface area contributed by atoms with Crippen LogP contribution >= 0.6 is 11.6 Å². The molecule has 1 aromatic carbocycles. The zero-order valence-corrected chi connectivity index (χ0v) is 19.4. The number of ether oxygens (including phenoxy) is 1. The average Bonchev–Trinajstić information content (AvgIpc) is 3.30. The Morgan fingerprint density at radius 2 is 2.21 bits per heavy atom. The van der Waals surface area contributed by atoms with E-state index in [-0.39, 0.29) is 0 Å². The van der Waals surface area contributed by atoms with Crippen LogP contribution in [0.4, 0.5) is 5.82 Å². The fraction of sp³-hybridized carbons (Fsp3) is 0.458. The zero-order valence-electron chi connectivity index (χ0n) is 18.6. The molecule has 2 N–H and O–H groups in total. The summed E-state index contributed by atoms with van der Waals surface area (Å²) in [4.78, 5) is 28.7. The largest absolute Gasteiger partial charge is 0.365 e. The first-order chi connectivity index (χ1) is 16.1. The third-order valence-corrected chi connectivity index (χ3v) is 6.43. The number of benzene rings is 1. The maximum absolute atomic E-state index is 11.6. The third kappa shape index (κ3) is 6.09. The number of rotatable bonds is 9. The summed E-state index contributed by atoms with van der Waals surface area (Å²) < 4.78 is 5.90. The highest BCUT2D eigenvalue weighted by Crippen LogP contribution is 2.34. The maximum Gasteiger partial charge on any atom is 0.267 e. The normalized spacial score (nSPS) is 23.2. The quantitative estimate of drug-likeness (QED) is 0.427. The summed E-state index contributed by atoms with van der Waals surface area (Å²) in [6.07, 6.45) is 8.88. The Hall–Kier alpha value is -2.52. The summed E-state index contributed by atoms with van der Waals surface area (Å²) in [7, 11) is 0. The van der Waals surface area contributed by atoms with E-state index in [0.29, 0.717) is 30.6 Å². The number of aromatic nitrogens is 2. The SMILES string of the molecule is C=CC(=O)NOC1(c2cnc(N[C@@H]3CCN(CCc4ccccc4Cl)C3)cn2)CCCCO1. The standard InChI is InChI=1S/C24H30ClN5O3/c1-2-23(31)29-33-24(11-5-6-14-32-24)21-15-27-22(16-26-21)28-19-10-13-30(17-19)12-9-18-7-3-4-8-20(18)25/h2-4,7-8,15-16,19H,1,5-6,9-14,17H2,(H,27,28)(H,29,31)/t19-,24?/m1/s1. The number of hydroxylamine groups is 1. The minimum atomic E-state index is -1.13. The summed E-state index contributed by atoms with van der Waals surface area (Å²) in [5, 5.41) is 4.30. The van der Waals surface area contributed by atoms with Gasteiger partial charge in [0.1, 0.15) is 11.5 Å². The molecular formula is C24H30ClN5O3. The van der Waals surface area contributed by atoms with Gasteiger partial charge >= 0.3 is 0 Å². The lowest BCUT2D eigenvalue weighted by molar-refractivity contribution is -0.291. The van der Waals surface area contributed by atoms with Crippen LogP contribution in [-0.2, 0) is 26.6 Å². The Labute approximate surface area is 199 Å². The number of nitrogens with zero attached hydrogens (tertiary/aromatic N) is 3. The Morgan fingerprint density at radius 1 is 1.33 bits per heavy atom. The van der Waals surface area contributed by atoms with Gasteiger partial charge in [0.25, 0.3) is 5.91 Å². The molecule has 0 aliphatic carbocycles. The van der Waals surface area contributed by atoms with Gasteiger partial charge in [-0.15, -0.1) is 0 Å². The lowest BCUT2D eigenvalue weighted by Gasteiger charge is -2.35. The van der Waals surface area contributed by atoms with E-state index in [1.165, 1.54) is 5.56 Å². The number of hydrogen-bond donors (Lipinski definition) is 2. The molecule has 2 aliphatic heterocycles. The predicted molar refractivity (Wildman–Crippen MR) is 127 cm³/mol. The lowest BCUT2D eigenvalue weighted by atomic mass is 10.0. The summed E-state index contributed by atoms with van der Waals surface area (Å²) in [6.45, 7) is 6.91. The summed E-state index contributed by atoms with van der Waals surface area (Å²) in [5.74, 6) is -0.862. The molecule has 0 saturated carbocycles. The molecule has 0 spiro atoms. The number of halogens is 1. The Balaban J connectivity index is 1.32. The predicted octanol–water partition coefficient (Wildman–Crippen LogP) is 3.45. The van der Waals surface area contributed by atoms with E-state index in [1.54, 1.807) is 12.4 Å². The van der Waals surface area contributed by atoms with E-state index in [4.69, 9.17) is 21.2 Å². The smallest absolute Gasteiger partial charge is 0.267 e. The van der Waals surface area contributed by atoms with Gasteiger partial charge in [0.05, 0.1) is 19.0 Å². The summed E-state index contributed by atoms with van der Waals surface area (Å²) >= 11 is 6.28. The van der Waals surface area contributed by atoms with Gasteiger partial charge in [-0.05, 0) is 43.4 Å². The van der Waals surface area contributed by atoms with E-state index >= 15 is 0 Å². The van der Waals surface area contributed by atoms with Crippen molar-refractivity contribution in [2.75, 3.05) is 31.6 Å². The van der Waals surface area contributed by atoms with Crippen molar-refractivity contribution in [2.45, 2.75) is 43.9 Å². The summed E-state index contributed by atoms with van der Waals surface area (Å²) in [6, 6.07) is 8.31. The van der Waals surface area contributed by atoms with Crippen LogP contribution in [0.3, 0.4) is 0 Å². The van der Waals surface area contributed by atoms with Crippen LogP contribution in [0.5, 0.6) is 0 Å². The van der Waals surface area contributed by atoms with Gasteiger partial charge in [-0.25, -0.2) is 15.3 Å². The van der Waals surface area contributed by atoms with Crippen molar-refractivity contribution in [1.82, 2.24) is 20.3 Å². The van der Waals surface area contributed by atoms with Crippen LogP contribution in [0.15, 0.2) is 49.3 Å². The molecular weight excluding hydrogens is 442 g/mol. The highest BCUT2D eigenvalue weighted by Gasteiger charge is 2.40. The van der Waals surface area contributed by atoms with Crippen molar-refractivity contribution in [3.05, 3.63) is 65.6 Å². The molecule has 4 rings (SSSR count). The highest BCUT2D eigenvalue weighted by atomic mass is 35.5. The molecule has 33 heavy (non-hydrogen) atoms. The Bertz CT molecular complexity index is 949. The summed E-state index contributed by atoms with van der Waals surface area (Å²) in [5.41, 5.74) is 4.08. The van der Waals surface area contributed by atoms with Gasteiger partial charge < -0.3 is 15.0 Å². The van der Waals surface area contributed by atoms with E-state index in [2.05, 4.69) is 38.3 Å². The van der Waals surface area contributed by atoms with Crippen LogP contribution in [0.25, 0.3) is 0 Å². The second-order valence-electron chi connectivity index (χ2n) is 8.39. The number of nitrogens with one attached hydrogen (secondary N) is 2. The third-order valence-electron chi connectivity index (χ3n) is 6.06. The van der Waals surface area contributed by atoms with Crippen molar-refractivity contribution in [3.63, 3.8) is 0 Å². The van der Waals surface area contributed by atoms with Crippen LogP contribution < -0.4 is 10.8 Å². The van der Waals surface area contributed by atoms with Gasteiger partial charge in [-0.3, -0.25) is 9.78 Å². The van der Waals surface area contributed by atoms with Crippen LogP contribution in [0, 0.1) is 0 Å². The molecule has 8 nitrogen and oxygen atoms in total. The molecule has 9 heteroatoms. The second kappa shape index (κ2) is 11.1. The Morgan fingerprint density at radius 3 is 2.94 bits per heavy atom. The van der Waals surface area contributed by atoms with E-state index in [1.807, 2.05) is 18.2 Å². The molecule has 1 unspecified atom stereocenters.